The van der Waals surface area contributed by atoms with E-state index in [4.69, 9.17) is 0 Å². The van der Waals surface area contributed by atoms with Crippen molar-refractivity contribution in [3.05, 3.63) is 33.4 Å². The van der Waals surface area contributed by atoms with Gasteiger partial charge < -0.3 is 0 Å². The van der Waals surface area contributed by atoms with Crippen LogP contribution in [0.3, 0.4) is 0 Å². The zero-order valence-electron chi connectivity index (χ0n) is 11.3. The zero-order chi connectivity index (χ0) is 13.0. The van der Waals surface area contributed by atoms with Gasteiger partial charge in [-0.2, -0.15) is 0 Å². The number of carbonyl (C=O) groups excluding carboxylic acids is 1. The molecule has 1 aliphatic rings. The number of carbonyl (C=O) groups is 1. The van der Waals surface area contributed by atoms with Crippen molar-refractivity contribution < 1.29 is 4.79 Å². The van der Waals surface area contributed by atoms with Crippen LogP contribution in [0.5, 0.6) is 0 Å². The third-order valence-electron chi connectivity index (χ3n) is 3.57. The van der Waals surface area contributed by atoms with Crippen LogP contribution in [0.4, 0.5) is 0 Å². The summed E-state index contributed by atoms with van der Waals surface area (Å²) >= 11 is 2.27. The second-order valence-corrected chi connectivity index (χ2v) is 6.16. The van der Waals surface area contributed by atoms with Crippen molar-refractivity contribution in [1.82, 2.24) is 4.90 Å². The molecule has 0 aromatic heterocycles. The van der Waals surface area contributed by atoms with Crippen LogP contribution in [0, 0.1) is 3.57 Å². The number of ketones is 1. The molecule has 0 amide bonds. The number of hydrogen-bond acceptors (Lipinski definition) is 2. The summed E-state index contributed by atoms with van der Waals surface area (Å²) in [6.45, 7) is 4.33. The lowest BCUT2D eigenvalue weighted by atomic mass is 9.99. The summed E-state index contributed by atoms with van der Waals surface area (Å²) in [7, 11) is 0. The van der Waals surface area contributed by atoms with Gasteiger partial charge in [-0.3, -0.25) is 9.69 Å². The Kier molecular flexibility index (Phi) is 7.32. The monoisotopic (exact) mass is 393 g/mol. The fraction of sp³-hybridized carbons (Fsp3) is 0.533. The molecule has 4 heteroatoms. The number of nitrogens with zero attached hydrogens (tertiary/aromatic N) is 1. The second-order valence-electron chi connectivity index (χ2n) is 4.92. The molecular weight excluding hydrogens is 373 g/mol. The minimum atomic E-state index is 0. The number of Topliss-reactive ketones (excluding diaryl/α,β-unsaturated/α-hetero) is 1. The lowest BCUT2D eigenvalue weighted by Crippen LogP contribution is -2.39. The quantitative estimate of drug-likeness (QED) is 0.553. The summed E-state index contributed by atoms with van der Waals surface area (Å²) in [6, 6.07) is 8.05. The van der Waals surface area contributed by atoms with Crippen molar-refractivity contribution in [2.75, 3.05) is 13.1 Å². The van der Waals surface area contributed by atoms with E-state index in [1.54, 1.807) is 0 Å². The SMILES string of the molecule is CCCC(C(=O)c1ccc(I)cc1)N1CCCC1.Cl. The van der Waals surface area contributed by atoms with Gasteiger partial charge >= 0.3 is 0 Å². The average Bonchev–Trinajstić information content (AvgIpc) is 2.90. The number of hydrogen-bond donors (Lipinski definition) is 0. The van der Waals surface area contributed by atoms with Gasteiger partial charge in [0, 0.05) is 9.13 Å². The molecule has 0 bridgehead atoms. The van der Waals surface area contributed by atoms with E-state index >= 15 is 0 Å². The molecule has 1 heterocycles. The van der Waals surface area contributed by atoms with Gasteiger partial charge in [-0.15, -0.1) is 12.4 Å². The largest absolute Gasteiger partial charge is 0.293 e. The predicted octanol–water partition coefficient (Wildman–Crippen LogP) is 4.16. The maximum absolute atomic E-state index is 12.6. The van der Waals surface area contributed by atoms with Crippen LogP contribution in [0.15, 0.2) is 24.3 Å². The van der Waals surface area contributed by atoms with Gasteiger partial charge in [-0.1, -0.05) is 25.5 Å². The minimum absolute atomic E-state index is 0. The minimum Gasteiger partial charge on any atom is -0.293 e. The maximum atomic E-state index is 12.6. The highest BCUT2D eigenvalue weighted by Crippen LogP contribution is 2.20. The molecule has 0 N–H and O–H groups in total. The molecule has 0 saturated carbocycles. The first-order chi connectivity index (χ1) is 8.72. The summed E-state index contributed by atoms with van der Waals surface area (Å²) in [5.41, 5.74) is 0.862. The molecule has 1 saturated heterocycles. The third kappa shape index (κ3) is 4.43. The van der Waals surface area contributed by atoms with E-state index in [2.05, 4.69) is 34.4 Å². The van der Waals surface area contributed by atoms with Crippen LogP contribution >= 0.6 is 35.0 Å². The highest BCUT2D eigenvalue weighted by atomic mass is 127. The second kappa shape index (κ2) is 8.22. The Morgan fingerprint density at radius 2 is 1.84 bits per heavy atom. The summed E-state index contributed by atoms with van der Waals surface area (Å²) in [5, 5.41) is 0. The van der Waals surface area contributed by atoms with Crippen LogP contribution < -0.4 is 0 Å². The topological polar surface area (TPSA) is 20.3 Å². The first kappa shape index (κ1) is 16.9. The number of benzene rings is 1. The van der Waals surface area contributed by atoms with Gasteiger partial charge in [-0.25, -0.2) is 0 Å². The Hall–Kier alpha value is -0.130. The lowest BCUT2D eigenvalue weighted by Gasteiger charge is -2.26. The van der Waals surface area contributed by atoms with Crippen LogP contribution in [0.2, 0.25) is 0 Å². The van der Waals surface area contributed by atoms with E-state index in [0.29, 0.717) is 5.78 Å². The van der Waals surface area contributed by atoms with Crippen molar-refractivity contribution in [3.63, 3.8) is 0 Å². The molecule has 2 rings (SSSR count). The van der Waals surface area contributed by atoms with E-state index in [1.807, 2.05) is 24.3 Å². The van der Waals surface area contributed by atoms with Crippen molar-refractivity contribution >= 4 is 40.8 Å². The number of rotatable bonds is 5. The molecule has 1 aromatic carbocycles. The Morgan fingerprint density at radius 3 is 2.37 bits per heavy atom. The van der Waals surface area contributed by atoms with Crippen molar-refractivity contribution in [2.45, 2.75) is 38.6 Å². The Labute approximate surface area is 135 Å². The summed E-state index contributed by atoms with van der Waals surface area (Å²) in [5.74, 6) is 0.301. The van der Waals surface area contributed by atoms with Crippen LogP contribution in [0.1, 0.15) is 43.0 Å². The molecule has 0 radical (unpaired) electrons. The fourth-order valence-corrected chi connectivity index (χ4v) is 2.97. The first-order valence-electron chi connectivity index (χ1n) is 6.76. The molecule has 19 heavy (non-hydrogen) atoms. The molecule has 1 aliphatic heterocycles. The van der Waals surface area contributed by atoms with Crippen molar-refractivity contribution in [3.8, 4) is 0 Å². The van der Waals surface area contributed by atoms with Crippen LogP contribution in [-0.4, -0.2) is 29.8 Å². The highest BCUT2D eigenvalue weighted by molar-refractivity contribution is 14.1. The molecule has 2 nitrogen and oxygen atoms in total. The average molecular weight is 394 g/mol. The number of halogens is 2. The first-order valence-corrected chi connectivity index (χ1v) is 7.84. The number of likely N-dealkylation sites (tertiary alicyclic amines) is 1. The van der Waals surface area contributed by atoms with Gasteiger partial charge in [0.2, 0.25) is 0 Å². The lowest BCUT2D eigenvalue weighted by molar-refractivity contribution is 0.0837. The normalized spacial score (nSPS) is 16.9. The van der Waals surface area contributed by atoms with Gasteiger partial charge in [0.1, 0.15) is 0 Å². The molecule has 1 unspecified atom stereocenters. The summed E-state index contributed by atoms with van der Waals surface area (Å²) < 4.78 is 1.18. The van der Waals surface area contributed by atoms with Crippen LogP contribution in [0.25, 0.3) is 0 Å². The highest BCUT2D eigenvalue weighted by Gasteiger charge is 2.27. The van der Waals surface area contributed by atoms with Gasteiger partial charge in [0.25, 0.3) is 0 Å². The standard InChI is InChI=1S/C15H20INO.ClH/c1-2-5-14(17-10-3-4-11-17)15(18)12-6-8-13(16)9-7-12;/h6-9,14H,2-5,10-11H2,1H3;1H. The molecule has 1 aromatic rings. The van der Waals surface area contributed by atoms with E-state index in [-0.39, 0.29) is 18.4 Å². The maximum Gasteiger partial charge on any atom is 0.179 e. The Balaban J connectivity index is 0.00000180. The molecular formula is C15H21ClINO. The fourth-order valence-electron chi connectivity index (χ4n) is 2.61. The van der Waals surface area contributed by atoms with Crippen LogP contribution in [-0.2, 0) is 0 Å². The van der Waals surface area contributed by atoms with Gasteiger partial charge in [0.05, 0.1) is 6.04 Å². The molecule has 1 fully saturated rings. The van der Waals surface area contributed by atoms with Crippen molar-refractivity contribution in [2.24, 2.45) is 0 Å². The zero-order valence-corrected chi connectivity index (χ0v) is 14.2. The van der Waals surface area contributed by atoms with Gasteiger partial charge in [0.15, 0.2) is 5.78 Å². The summed E-state index contributed by atoms with van der Waals surface area (Å²) in [4.78, 5) is 15.0. The Bertz CT molecular complexity index is 401. The summed E-state index contributed by atoms with van der Waals surface area (Å²) in [6.07, 6.45) is 4.52. The third-order valence-corrected chi connectivity index (χ3v) is 4.29. The van der Waals surface area contributed by atoms with E-state index in [9.17, 15) is 4.79 Å². The molecule has 106 valence electrons. The molecule has 0 aliphatic carbocycles. The van der Waals surface area contributed by atoms with E-state index < -0.39 is 0 Å². The van der Waals surface area contributed by atoms with Crippen molar-refractivity contribution in [1.29, 1.82) is 0 Å². The van der Waals surface area contributed by atoms with Gasteiger partial charge in [-0.05, 0) is 67.1 Å². The molecule has 0 spiro atoms. The van der Waals surface area contributed by atoms with E-state index in [0.717, 1.165) is 31.5 Å². The predicted molar refractivity (Wildman–Crippen MR) is 90.2 cm³/mol. The van der Waals surface area contributed by atoms with E-state index in [1.165, 1.54) is 16.4 Å². The Morgan fingerprint density at radius 1 is 1.26 bits per heavy atom. The molecule has 1 atom stereocenters. The smallest absolute Gasteiger partial charge is 0.179 e.